The molecule has 1 aromatic carbocycles. The summed E-state index contributed by atoms with van der Waals surface area (Å²) < 4.78 is 7.33. The van der Waals surface area contributed by atoms with E-state index in [1.807, 2.05) is 28.8 Å². The lowest BCUT2D eigenvalue weighted by molar-refractivity contribution is -0.0722. The van der Waals surface area contributed by atoms with Gasteiger partial charge >= 0.3 is 0 Å². The van der Waals surface area contributed by atoms with E-state index in [1.54, 1.807) is 6.33 Å². The quantitative estimate of drug-likeness (QED) is 0.752. The Bertz CT molecular complexity index is 837. The van der Waals surface area contributed by atoms with Crippen LogP contribution in [0.2, 0.25) is 0 Å². The third-order valence-electron chi connectivity index (χ3n) is 4.37. The van der Waals surface area contributed by atoms with Crippen LogP contribution < -0.4 is 5.73 Å². The normalized spacial score (nSPS) is 18.0. The number of benzene rings is 1. The van der Waals surface area contributed by atoms with Crippen LogP contribution in [-0.4, -0.2) is 38.5 Å². The van der Waals surface area contributed by atoms with Crippen molar-refractivity contribution in [2.24, 2.45) is 0 Å². The summed E-state index contributed by atoms with van der Waals surface area (Å²) in [6.07, 6.45) is 3.00. The molecule has 0 unspecified atom stereocenters. The first kappa shape index (κ1) is 13.5. The van der Waals surface area contributed by atoms with Crippen molar-refractivity contribution in [2.45, 2.75) is 25.0 Å². The molecule has 0 aliphatic carbocycles. The average Bonchev–Trinajstić information content (AvgIpc) is 2.92. The van der Waals surface area contributed by atoms with Gasteiger partial charge in [-0.2, -0.15) is 0 Å². The van der Waals surface area contributed by atoms with Crippen molar-refractivity contribution in [1.29, 1.82) is 0 Å². The highest BCUT2D eigenvalue weighted by Gasteiger charge is 2.31. The van der Waals surface area contributed by atoms with Crippen LogP contribution in [0, 0.1) is 0 Å². The van der Waals surface area contributed by atoms with Gasteiger partial charge in [0.25, 0.3) is 0 Å². The summed E-state index contributed by atoms with van der Waals surface area (Å²) in [5.74, 6) is 0.423. The van der Waals surface area contributed by atoms with Gasteiger partial charge in [-0.3, -0.25) is 0 Å². The molecule has 4 rings (SSSR count). The second-order valence-electron chi connectivity index (χ2n) is 5.92. The van der Waals surface area contributed by atoms with Crippen LogP contribution in [0.25, 0.3) is 21.9 Å². The highest BCUT2D eigenvalue weighted by Crippen LogP contribution is 2.30. The van der Waals surface area contributed by atoms with Crippen LogP contribution >= 0.6 is 0 Å². The molecule has 0 saturated carbocycles. The lowest BCUT2D eigenvalue weighted by atomic mass is 9.94. The maximum absolute atomic E-state index is 10.8. The number of nitrogens with two attached hydrogens (primary N) is 1. The van der Waals surface area contributed by atoms with Gasteiger partial charge in [-0.1, -0.05) is 18.2 Å². The maximum Gasteiger partial charge on any atom is 0.152 e. The van der Waals surface area contributed by atoms with Gasteiger partial charge in [-0.05, 0) is 6.07 Å². The first-order valence-electron chi connectivity index (χ1n) is 7.45. The molecule has 1 saturated heterocycles. The summed E-state index contributed by atoms with van der Waals surface area (Å²) in [7, 11) is 0. The Kier molecular flexibility index (Phi) is 3.02. The number of aromatic nitrogens is 3. The number of ether oxygens (including phenoxy) is 1. The topological polar surface area (TPSA) is 86.2 Å². The molecule has 6 heteroatoms. The third kappa shape index (κ3) is 2.12. The van der Waals surface area contributed by atoms with Crippen LogP contribution in [-0.2, 0) is 11.3 Å². The number of anilines is 1. The average molecular weight is 298 g/mol. The Morgan fingerprint density at radius 1 is 1.27 bits per heavy atom. The Morgan fingerprint density at radius 2 is 2.05 bits per heavy atom. The van der Waals surface area contributed by atoms with E-state index >= 15 is 0 Å². The van der Waals surface area contributed by atoms with E-state index in [1.165, 1.54) is 0 Å². The lowest BCUT2D eigenvalue weighted by Crippen LogP contribution is -2.40. The van der Waals surface area contributed by atoms with Crippen molar-refractivity contribution >= 4 is 27.8 Å². The number of rotatable bonds is 2. The SMILES string of the molecule is Nc1nc2ccccc2c2c1ncn2CC1(O)CCOCC1. The highest BCUT2D eigenvalue weighted by atomic mass is 16.5. The standard InChI is InChI=1S/C16H18N4O2/c17-15-13-14(11-3-1-2-4-12(11)19-15)20(10-18-13)9-16(21)5-7-22-8-6-16/h1-4,10,21H,5-9H2,(H2,17,19). The number of nitrogens with zero attached hydrogens (tertiary/aromatic N) is 3. The number of para-hydroxylation sites is 1. The molecule has 1 fully saturated rings. The molecule has 22 heavy (non-hydrogen) atoms. The van der Waals surface area contributed by atoms with Gasteiger partial charge in [0, 0.05) is 31.4 Å². The molecule has 6 nitrogen and oxygen atoms in total. The Balaban J connectivity index is 1.88. The molecule has 3 aromatic rings. The van der Waals surface area contributed by atoms with Crippen LogP contribution in [0.5, 0.6) is 0 Å². The maximum atomic E-state index is 10.8. The fraction of sp³-hybridized carbons (Fsp3) is 0.375. The second-order valence-corrected chi connectivity index (χ2v) is 5.92. The Labute approximate surface area is 127 Å². The van der Waals surface area contributed by atoms with E-state index in [-0.39, 0.29) is 0 Å². The molecule has 0 spiro atoms. The summed E-state index contributed by atoms with van der Waals surface area (Å²) >= 11 is 0. The number of pyridine rings is 1. The fourth-order valence-corrected chi connectivity index (χ4v) is 3.15. The van der Waals surface area contributed by atoms with E-state index in [4.69, 9.17) is 10.5 Å². The molecule has 1 aliphatic heterocycles. The molecule has 0 radical (unpaired) electrons. The minimum absolute atomic E-state index is 0.423. The van der Waals surface area contributed by atoms with E-state index in [2.05, 4.69) is 9.97 Å². The molecule has 0 bridgehead atoms. The zero-order valence-corrected chi connectivity index (χ0v) is 12.2. The molecule has 0 atom stereocenters. The molecule has 114 valence electrons. The zero-order valence-electron chi connectivity index (χ0n) is 12.2. The lowest BCUT2D eigenvalue weighted by Gasteiger charge is -2.32. The van der Waals surface area contributed by atoms with Crippen molar-refractivity contribution in [3.8, 4) is 0 Å². The van der Waals surface area contributed by atoms with E-state index in [0.717, 1.165) is 16.4 Å². The zero-order chi connectivity index (χ0) is 15.2. The molecule has 3 heterocycles. The summed E-state index contributed by atoms with van der Waals surface area (Å²) in [6.45, 7) is 1.67. The van der Waals surface area contributed by atoms with Gasteiger partial charge in [0.15, 0.2) is 5.82 Å². The first-order valence-corrected chi connectivity index (χ1v) is 7.45. The van der Waals surface area contributed by atoms with Crippen molar-refractivity contribution in [3.05, 3.63) is 30.6 Å². The number of nitrogen functional groups attached to an aromatic ring is 1. The third-order valence-corrected chi connectivity index (χ3v) is 4.37. The van der Waals surface area contributed by atoms with Gasteiger partial charge in [0.05, 0.1) is 29.5 Å². The van der Waals surface area contributed by atoms with Crippen molar-refractivity contribution < 1.29 is 9.84 Å². The molecular formula is C16H18N4O2. The number of fused-ring (bicyclic) bond motifs is 3. The van der Waals surface area contributed by atoms with Crippen LogP contribution in [0.3, 0.4) is 0 Å². The summed E-state index contributed by atoms with van der Waals surface area (Å²) in [6, 6.07) is 7.86. The summed E-state index contributed by atoms with van der Waals surface area (Å²) in [5, 5.41) is 11.8. The molecule has 1 aliphatic rings. The molecular weight excluding hydrogens is 280 g/mol. The van der Waals surface area contributed by atoms with Gasteiger partial charge in [-0.25, -0.2) is 9.97 Å². The van der Waals surface area contributed by atoms with E-state index in [9.17, 15) is 5.11 Å². The second kappa shape index (κ2) is 4.93. The number of aliphatic hydroxyl groups is 1. The Hall–Kier alpha value is -2.18. The van der Waals surface area contributed by atoms with Crippen LogP contribution in [0.4, 0.5) is 5.82 Å². The number of imidazole rings is 1. The van der Waals surface area contributed by atoms with E-state index in [0.29, 0.717) is 43.9 Å². The molecule has 0 amide bonds. The highest BCUT2D eigenvalue weighted by molar-refractivity contribution is 6.06. The fourth-order valence-electron chi connectivity index (χ4n) is 3.15. The monoisotopic (exact) mass is 298 g/mol. The predicted octanol–water partition coefficient (Wildman–Crippen LogP) is 1.71. The van der Waals surface area contributed by atoms with Crippen molar-refractivity contribution in [2.75, 3.05) is 18.9 Å². The summed E-state index contributed by atoms with van der Waals surface area (Å²) in [4.78, 5) is 8.80. The van der Waals surface area contributed by atoms with E-state index < -0.39 is 5.60 Å². The first-order chi connectivity index (χ1) is 10.7. The molecule has 2 aromatic heterocycles. The van der Waals surface area contributed by atoms with Gasteiger partial charge in [-0.15, -0.1) is 0 Å². The predicted molar refractivity (Wildman–Crippen MR) is 84.4 cm³/mol. The number of hydrogen-bond donors (Lipinski definition) is 2. The van der Waals surface area contributed by atoms with Gasteiger partial charge in [0.2, 0.25) is 0 Å². The van der Waals surface area contributed by atoms with Crippen molar-refractivity contribution in [3.63, 3.8) is 0 Å². The minimum atomic E-state index is -0.759. The number of hydrogen-bond acceptors (Lipinski definition) is 5. The largest absolute Gasteiger partial charge is 0.388 e. The molecule has 3 N–H and O–H groups in total. The van der Waals surface area contributed by atoms with Crippen LogP contribution in [0.15, 0.2) is 30.6 Å². The van der Waals surface area contributed by atoms with Crippen molar-refractivity contribution in [1.82, 2.24) is 14.5 Å². The Morgan fingerprint density at radius 3 is 2.86 bits per heavy atom. The minimum Gasteiger partial charge on any atom is -0.388 e. The van der Waals surface area contributed by atoms with Crippen LogP contribution in [0.1, 0.15) is 12.8 Å². The van der Waals surface area contributed by atoms with Gasteiger partial charge in [0.1, 0.15) is 5.52 Å². The smallest absolute Gasteiger partial charge is 0.152 e. The summed E-state index contributed by atoms with van der Waals surface area (Å²) in [5.41, 5.74) is 7.74. The van der Waals surface area contributed by atoms with Gasteiger partial charge < -0.3 is 20.1 Å².